The molecule has 0 spiro atoms. The van der Waals surface area contributed by atoms with Crippen molar-refractivity contribution >= 4 is 0 Å². The number of halogens is 5. The molecule has 0 amide bonds. The molecule has 1 aliphatic rings. The van der Waals surface area contributed by atoms with E-state index in [1.54, 1.807) is 0 Å². The van der Waals surface area contributed by atoms with Gasteiger partial charge in [-0.15, -0.1) is 0 Å². The molecule has 1 aliphatic carbocycles. The van der Waals surface area contributed by atoms with Crippen molar-refractivity contribution in [1.82, 2.24) is 4.98 Å². The highest BCUT2D eigenvalue weighted by molar-refractivity contribution is 5.25. The molecule has 1 heterocycles. The number of aromatic nitrogens is 1. The second-order valence-corrected chi connectivity index (χ2v) is 5.02. The quantitative estimate of drug-likeness (QED) is 0.781. The van der Waals surface area contributed by atoms with Crippen LogP contribution in [0, 0.1) is 16.7 Å². The second kappa shape index (κ2) is 5.00. The zero-order valence-electron chi connectivity index (χ0n) is 10.3. The van der Waals surface area contributed by atoms with E-state index in [9.17, 15) is 22.0 Å². The predicted octanol–water partition coefficient (Wildman–Crippen LogP) is 4.14. The van der Waals surface area contributed by atoms with Gasteiger partial charge in [0.25, 0.3) is 0 Å². The topological polar surface area (TPSA) is 36.7 Å². The molecule has 0 aliphatic heterocycles. The summed E-state index contributed by atoms with van der Waals surface area (Å²) in [6.07, 6.45) is -5.48. The summed E-state index contributed by atoms with van der Waals surface area (Å²) in [6.45, 7) is 0. The molecule has 7 heteroatoms. The third-order valence-corrected chi connectivity index (χ3v) is 3.60. The number of hydrogen-bond donors (Lipinski definition) is 0. The van der Waals surface area contributed by atoms with Crippen LogP contribution in [0.25, 0.3) is 0 Å². The average molecular weight is 290 g/mol. The van der Waals surface area contributed by atoms with Crippen molar-refractivity contribution in [2.45, 2.75) is 37.8 Å². The van der Waals surface area contributed by atoms with Crippen LogP contribution >= 0.6 is 0 Å². The molecule has 0 saturated heterocycles. The summed E-state index contributed by atoms with van der Waals surface area (Å²) in [5.41, 5.74) is -1.97. The molecule has 1 aromatic heterocycles. The van der Waals surface area contributed by atoms with E-state index in [1.165, 1.54) is 0 Å². The zero-order valence-corrected chi connectivity index (χ0v) is 10.3. The first kappa shape index (κ1) is 14.7. The van der Waals surface area contributed by atoms with Crippen LogP contribution in [0.15, 0.2) is 18.3 Å². The lowest BCUT2D eigenvalue weighted by Gasteiger charge is -2.18. The summed E-state index contributed by atoms with van der Waals surface area (Å²) >= 11 is 0. The number of alkyl halides is 5. The van der Waals surface area contributed by atoms with E-state index in [0.717, 1.165) is 18.3 Å². The molecule has 20 heavy (non-hydrogen) atoms. The first-order valence-electron chi connectivity index (χ1n) is 5.99. The molecule has 1 fully saturated rings. The second-order valence-electron chi connectivity index (χ2n) is 5.02. The van der Waals surface area contributed by atoms with Crippen LogP contribution in [0.4, 0.5) is 22.0 Å². The van der Waals surface area contributed by atoms with Gasteiger partial charge in [-0.2, -0.15) is 18.4 Å². The lowest BCUT2D eigenvalue weighted by Crippen LogP contribution is -2.16. The predicted molar refractivity (Wildman–Crippen MR) is 59.9 cm³/mol. The van der Waals surface area contributed by atoms with Crippen LogP contribution < -0.4 is 0 Å². The van der Waals surface area contributed by atoms with E-state index < -0.39 is 29.6 Å². The standard InChI is InChI=1S/C13H11F5N2/c14-11(15)12(3-4-12)5-9(6-19)8-1-2-10(20-7-8)13(16,17)18/h1-2,7,9,11H,3-5H2. The summed E-state index contributed by atoms with van der Waals surface area (Å²) in [7, 11) is 0. The maximum atomic E-state index is 12.8. The molecule has 1 saturated carbocycles. The van der Waals surface area contributed by atoms with Gasteiger partial charge >= 0.3 is 6.18 Å². The van der Waals surface area contributed by atoms with Gasteiger partial charge in [0, 0.05) is 11.6 Å². The number of nitrogens with zero attached hydrogens (tertiary/aromatic N) is 2. The number of hydrogen-bond acceptors (Lipinski definition) is 2. The van der Waals surface area contributed by atoms with Crippen molar-refractivity contribution in [1.29, 1.82) is 5.26 Å². The van der Waals surface area contributed by atoms with Gasteiger partial charge in [0.05, 0.1) is 12.0 Å². The maximum absolute atomic E-state index is 12.8. The molecule has 2 nitrogen and oxygen atoms in total. The molecular formula is C13H11F5N2. The lowest BCUT2D eigenvalue weighted by atomic mass is 9.88. The molecular weight excluding hydrogens is 279 g/mol. The highest BCUT2D eigenvalue weighted by atomic mass is 19.4. The van der Waals surface area contributed by atoms with Gasteiger partial charge in [-0.05, 0) is 30.9 Å². The van der Waals surface area contributed by atoms with Crippen molar-refractivity contribution in [3.63, 3.8) is 0 Å². The third-order valence-electron chi connectivity index (χ3n) is 3.60. The van der Waals surface area contributed by atoms with Crippen molar-refractivity contribution in [3.05, 3.63) is 29.6 Å². The summed E-state index contributed by atoms with van der Waals surface area (Å²) in [5.74, 6) is -0.860. The van der Waals surface area contributed by atoms with Gasteiger partial charge in [-0.3, -0.25) is 4.98 Å². The Morgan fingerprint density at radius 1 is 1.30 bits per heavy atom. The van der Waals surface area contributed by atoms with Crippen LogP contribution in [0.3, 0.4) is 0 Å². The smallest absolute Gasteiger partial charge is 0.251 e. The van der Waals surface area contributed by atoms with Gasteiger partial charge in [-0.25, -0.2) is 8.78 Å². The van der Waals surface area contributed by atoms with Crippen molar-refractivity contribution < 1.29 is 22.0 Å². The number of rotatable bonds is 4. The van der Waals surface area contributed by atoms with E-state index in [1.807, 2.05) is 6.07 Å². The van der Waals surface area contributed by atoms with Gasteiger partial charge in [-0.1, -0.05) is 6.07 Å². The summed E-state index contributed by atoms with van der Waals surface area (Å²) in [6, 6.07) is 3.77. The minimum absolute atomic E-state index is 0.0474. The van der Waals surface area contributed by atoms with Gasteiger partial charge in [0.15, 0.2) is 0 Å². The molecule has 0 bridgehead atoms. The molecule has 0 aromatic carbocycles. The minimum atomic E-state index is -4.55. The molecule has 0 N–H and O–H groups in total. The zero-order chi connectivity index (χ0) is 15.0. The number of pyridine rings is 1. The first-order chi connectivity index (χ1) is 9.28. The lowest BCUT2D eigenvalue weighted by molar-refractivity contribution is -0.141. The van der Waals surface area contributed by atoms with Crippen LogP contribution in [-0.4, -0.2) is 11.4 Å². The Kier molecular flexibility index (Phi) is 3.67. The van der Waals surface area contributed by atoms with Crippen LogP contribution in [0.5, 0.6) is 0 Å². The molecule has 1 aromatic rings. The molecule has 2 rings (SSSR count). The monoisotopic (exact) mass is 290 g/mol. The third kappa shape index (κ3) is 2.89. The Labute approximate surface area is 112 Å². The van der Waals surface area contributed by atoms with Crippen LogP contribution in [0.2, 0.25) is 0 Å². The van der Waals surface area contributed by atoms with E-state index >= 15 is 0 Å². The normalized spacial score (nSPS) is 18.6. The van der Waals surface area contributed by atoms with E-state index in [-0.39, 0.29) is 12.0 Å². The van der Waals surface area contributed by atoms with Crippen LogP contribution in [-0.2, 0) is 6.18 Å². The molecule has 108 valence electrons. The van der Waals surface area contributed by atoms with E-state index in [4.69, 9.17) is 5.26 Å². The Bertz CT molecular complexity index is 511. The summed E-state index contributed by atoms with van der Waals surface area (Å²) in [5, 5.41) is 9.04. The van der Waals surface area contributed by atoms with Gasteiger partial charge in [0.1, 0.15) is 5.69 Å². The van der Waals surface area contributed by atoms with Crippen molar-refractivity contribution in [2.75, 3.05) is 0 Å². The van der Waals surface area contributed by atoms with Crippen LogP contribution in [0.1, 0.15) is 36.4 Å². The fourth-order valence-corrected chi connectivity index (χ4v) is 2.10. The number of nitriles is 1. The fourth-order valence-electron chi connectivity index (χ4n) is 2.10. The molecule has 0 radical (unpaired) electrons. The Balaban J connectivity index is 2.15. The Morgan fingerprint density at radius 3 is 2.30 bits per heavy atom. The fraction of sp³-hybridized carbons (Fsp3) is 0.538. The largest absolute Gasteiger partial charge is 0.433 e. The van der Waals surface area contributed by atoms with E-state index in [2.05, 4.69) is 4.98 Å². The minimum Gasteiger partial charge on any atom is -0.251 e. The Morgan fingerprint density at radius 2 is 1.95 bits per heavy atom. The van der Waals surface area contributed by atoms with E-state index in [0.29, 0.717) is 12.8 Å². The SMILES string of the molecule is N#CC(CC1(C(F)F)CC1)c1ccc(C(F)(F)F)nc1. The maximum Gasteiger partial charge on any atom is 0.433 e. The highest BCUT2D eigenvalue weighted by Gasteiger charge is 2.52. The van der Waals surface area contributed by atoms with Gasteiger partial charge in [0.2, 0.25) is 6.43 Å². The van der Waals surface area contributed by atoms with Gasteiger partial charge < -0.3 is 0 Å². The van der Waals surface area contributed by atoms with Crippen molar-refractivity contribution in [2.24, 2.45) is 5.41 Å². The summed E-state index contributed by atoms with van der Waals surface area (Å²) in [4.78, 5) is 3.25. The average Bonchev–Trinajstić information content (AvgIpc) is 3.16. The first-order valence-corrected chi connectivity index (χ1v) is 5.99. The summed E-state index contributed by atoms with van der Waals surface area (Å²) < 4.78 is 62.8. The molecule has 1 atom stereocenters. The molecule has 1 unspecified atom stereocenters. The Hall–Kier alpha value is -1.71. The highest BCUT2D eigenvalue weighted by Crippen LogP contribution is 2.56. The van der Waals surface area contributed by atoms with Crippen molar-refractivity contribution in [3.8, 4) is 6.07 Å².